The van der Waals surface area contributed by atoms with Crippen molar-refractivity contribution in [2.75, 3.05) is 24.7 Å². The van der Waals surface area contributed by atoms with Gasteiger partial charge in [-0.3, -0.25) is 23.4 Å². The summed E-state index contributed by atoms with van der Waals surface area (Å²) >= 11 is 0. The number of nitrogens with zero attached hydrogens (tertiary/aromatic N) is 6. The summed E-state index contributed by atoms with van der Waals surface area (Å²) in [7, 11) is -4.93. The zero-order valence-electron chi connectivity index (χ0n) is 21.4. The molecule has 0 spiro atoms. The van der Waals surface area contributed by atoms with E-state index >= 15 is 4.39 Å². The maximum absolute atomic E-state index is 15.6. The molecule has 2 unspecified atom stereocenters. The number of fused-ring (bicyclic) bond motifs is 5. The molecule has 0 aliphatic carbocycles. The molecule has 0 saturated carbocycles. The van der Waals surface area contributed by atoms with E-state index < -0.39 is 62.9 Å². The third-order valence-electron chi connectivity index (χ3n) is 7.55. The van der Waals surface area contributed by atoms with Crippen LogP contribution in [0.2, 0.25) is 0 Å². The fraction of sp³-hybridized carbons (Fsp3) is 0.500. The summed E-state index contributed by atoms with van der Waals surface area (Å²) < 4.78 is 74.0. The Kier molecular flexibility index (Phi) is 6.50. The Labute approximate surface area is 233 Å². The molecule has 0 amide bonds. The van der Waals surface area contributed by atoms with Crippen molar-refractivity contribution < 1.29 is 41.5 Å². The van der Waals surface area contributed by atoms with Crippen molar-refractivity contribution in [3.05, 3.63) is 35.0 Å². The molecular formula is C22H24F2N9O8P. The van der Waals surface area contributed by atoms with Crippen LogP contribution in [0.15, 0.2) is 23.6 Å². The number of phosphoric acid groups is 1. The van der Waals surface area contributed by atoms with Gasteiger partial charge >= 0.3 is 7.82 Å². The highest BCUT2D eigenvalue weighted by atomic mass is 31.2. The Hall–Kier alpha value is -3.58. The second kappa shape index (κ2) is 10.0. The van der Waals surface area contributed by atoms with Crippen LogP contribution in [0.4, 0.5) is 20.5 Å². The van der Waals surface area contributed by atoms with Gasteiger partial charge in [0.05, 0.1) is 31.0 Å². The number of alkyl halides is 1. The maximum Gasteiger partial charge on any atom is 0.472 e. The molecule has 7 rings (SSSR count). The zero-order chi connectivity index (χ0) is 29.3. The number of hydrogen-bond donors (Lipinski definition) is 4. The molecule has 3 aliphatic rings. The Bertz CT molecular complexity index is 1780. The maximum atomic E-state index is 15.6. The van der Waals surface area contributed by atoms with Crippen LogP contribution in [0.5, 0.6) is 0 Å². The fourth-order valence-electron chi connectivity index (χ4n) is 5.60. The van der Waals surface area contributed by atoms with Crippen molar-refractivity contribution >= 4 is 41.8 Å². The zero-order valence-corrected chi connectivity index (χ0v) is 22.3. The lowest BCUT2D eigenvalue weighted by atomic mass is 9.98. The quantitative estimate of drug-likeness (QED) is 0.231. The lowest BCUT2D eigenvalue weighted by molar-refractivity contribution is -0.168. The van der Waals surface area contributed by atoms with E-state index in [0.29, 0.717) is 12.8 Å². The highest BCUT2D eigenvalue weighted by Crippen LogP contribution is 2.51. The largest absolute Gasteiger partial charge is 0.472 e. The Morgan fingerprint density at radius 3 is 2.83 bits per heavy atom. The van der Waals surface area contributed by atoms with E-state index in [-0.39, 0.29) is 46.5 Å². The SMILES string of the molecule is Nc1nc2c(ncn2[C@@H]2OC3OCC[C@H]4C[C@H](n5cc(F)c6c(N)ncnc65)O[C@@H]4COP(=O)(O)O[C@@H]2[C@@H]3F)c(=O)[nH]1. The van der Waals surface area contributed by atoms with Gasteiger partial charge in [-0.2, -0.15) is 4.98 Å². The summed E-state index contributed by atoms with van der Waals surface area (Å²) in [5, 5.41) is 0.0460. The number of H-pyrrole nitrogens is 1. The van der Waals surface area contributed by atoms with Gasteiger partial charge in [-0.25, -0.2) is 28.3 Å². The highest BCUT2D eigenvalue weighted by Gasteiger charge is 2.52. The first kappa shape index (κ1) is 27.3. The number of aromatic nitrogens is 7. The molecule has 7 heterocycles. The van der Waals surface area contributed by atoms with Gasteiger partial charge in [-0.15, -0.1) is 0 Å². The first-order valence-electron chi connectivity index (χ1n) is 12.8. The molecule has 4 aromatic heterocycles. The molecule has 6 N–H and O–H groups in total. The van der Waals surface area contributed by atoms with E-state index in [2.05, 4.69) is 24.9 Å². The van der Waals surface area contributed by atoms with Crippen molar-refractivity contribution in [2.24, 2.45) is 5.92 Å². The number of imidazole rings is 1. The van der Waals surface area contributed by atoms with Crippen molar-refractivity contribution in [3.8, 4) is 0 Å². The van der Waals surface area contributed by atoms with E-state index in [9.17, 15) is 18.6 Å². The Morgan fingerprint density at radius 2 is 2.00 bits per heavy atom. The van der Waals surface area contributed by atoms with E-state index in [0.717, 1.165) is 6.33 Å². The summed E-state index contributed by atoms with van der Waals surface area (Å²) in [5.74, 6) is -1.21. The minimum atomic E-state index is -4.93. The van der Waals surface area contributed by atoms with Crippen LogP contribution >= 0.6 is 7.82 Å². The van der Waals surface area contributed by atoms with Gasteiger partial charge in [-0.1, -0.05) is 0 Å². The number of aromatic amines is 1. The molecule has 3 fully saturated rings. The van der Waals surface area contributed by atoms with Crippen LogP contribution < -0.4 is 17.0 Å². The van der Waals surface area contributed by atoms with Gasteiger partial charge in [0.1, 0.15) is 18.4 Å². The topological polar surface area (TPSA) is 230 Å². The first-order chi connectivity index (χ1) is 20.1. The minimum absolute atomic E-state index is 0.00398. The highest BCUT2D eigenvalue weighted by molar-refractivity contribution is 7.47. The van der Waals surface area contributed by atoms with Crippen LogP contribution in [0.3, 0.4) is 0 Å². The standard InChI is InChI=1S/C22H24F2N9O8P/c23-9-4-32(17-12(9)16(25)27-6-28-17)11-3-8-1-2-37-21-13(24)15(41-42(35,36)38-5-10(8)39-11)20(40-21)33-7-29-14-18(33)30-22(26)31-19(14)34/h4,6-8,10-11,13,15,20-21H,1-3,5H2,(H,35,36)(H2,25,27,28)(H3,26,30,31,34)/t8-,10+,11+,13-,15+,20+,21?/m0/s1. The van der Waals surface area contributed by atoms with Crippen LogP contribution in [0.25, 0.3) is 22.2 Å². The van der Waals surface area contributed by atoms with Crippen LogP contribution in [-0.4, -0.2) is 76.8 Å². The molecule has 2 bridgehead atoms. The van der Waals surface area contributed by atoms with E-state index in [1.54, 1.807) is 0 Å². The van der Waals surface area contributed by atoms with Crippen molar-refractivity contribution in [2.45, 2.75) is 50.0 Å². The van der Waals surface area contributed by atoms with E-state index in [1.165, 1.54) is 21.7 Å². The minimum Gasteiger partial charge on any atom is -0.383 e. The second-order valence-electron chi connectivity index (χ2n) is 10.1. The summed E-state index contributed by atoms with van der Waals surface area (Å²) in [4.78, 5) is 41.0. The molecule has 17 nitrogen and oxygen atoms in total. The molecule has 8 atom stereocenters. The van der Waals surface area contributed by atoms with Crippen molar-refractivity contribution in [1.29, 1.82) is 0 Å². The summed E-state index contributed by atoms with van der Waals surface area (Å²) in [5.41, 5.74) is 10.9. The van der Waals surface area contributed by atoms with Gasteiger partial charge < -0.3 is 35.1 Å². The third kappa shape index (κ3) is 4.53. The molecule has 224 valence electrons. The van der Waals surface area contributed by atoms with Gasteiger partial charge in [0.25, 0.3) is 5.56 Å². The van der Waals surface area contributed by atoms with Crippen LogP contribution in [-0.2, 0) is 27.8 Å². The van der Waals surface area contributed by atoms with Crippen LogP contribution in [0, 0.1) is 11.7 Å². The van der Waals surface area contributed by atoms with Crippen LogP contribution in [0.1, 0.15) is 25.3 Å². The molecule has 3 aliphatic heterocycles. The number of nitrogens with one attached hydrogen (secondary N) is 1. The number of anilines is 2. The number of ether oxygens (including phenoxy) is 3. The first-order valence-corrected chi connectivity index (χ1v) is 14.3. The summed E-state index contributed by atoms with van der Waals surface area (Å²) in [6.07, 6.45) is -3.99. The normalized spacial score (nSPS) is 33.9. The Morgan fingerprint density at radius 1 is 1.17 bits per heavy atom. The predicted octanol–water partition coefficient (Wildman–Crippen LogP) is 0.887. The molecule has 0 aromatic carbocycles. The lowest BCUT2D eigenvalue weighted by Crippen LogP contribution is -2.33. The van der Waals surface area contributed by atoms with E-state index in [1.807, 2.05) is 0 Å². The Balaban J connectivity index is 1.15. The number of nitrogens with two attached hydrogens (primary N) is 2. The monoisotopic (exact) mass is 611 g/mol. The van der Waals surface area contributed by atoms with Gasteiger partial charge in [-0.05, 0) is 18.8 Å². The number of halogens is 2. The van der Waals surface area contributed by atoms with Crippen molar-refractivity contribution in [1.82, 2.24) is 34.1 Å². The fourth-order valence-corrected chi connectivity index (χ4v) is 6.53. The number of hydrogen-bond acceptors (Lipinski definition) is 13. The average molecular weight is 611 g/mol. The molecule has 3 saturated heterocycles. The number of nitrogen functional groups attached to an aromatic ring is 2. The van der Waals surface area contributed by atoms with Gasteiger partial charge in [0, 0.05) is 6.20 Å². The number of phosphoric ester groups is 1. The van der Waals surface area contributed by atoms with E-state index in [4.69, 9.17) is 34.7 Å². The second-order valence-corrected chi connectivity index (χ2v) is 11.5. The van der Waals surface area contributed by atoms with Crippen molar-refractivity contribution in [3.63, 3.8) is 0 Å². The molecule has 20 heteroatoms. The third-order valence-corrected chi connectivity index (χ3v) is 8.53. The molecular weight excluding hydrogens is 587 g/mol. The smallest absolute Gasteiger partial charge is 0.383 e. The number of rotatable bonds is 2. The predicted molar refractivity (Wildman–Crippen MR) is 137 cm³/mol. The summed E-state index contributed by atoms with van der Waals surface area (Å²) in [6.45, 7) is -0.405. The average Bonchev–Trinajstić information content (AvgIpc) is 3.68. The van der Waals surface area contributed by atoms with Gasteiger partial charge in [0.2, 0.25) is 5.95 Å². The molecule has 4 aromatic rings. The molecule has 0 radical (unpaired) electrons. The van der Waals surface area contributed by atoms with Gasteiger partial charge in [0.15, 0.2) is 47.4 Å². The lowest BCUT2D eigenvalue weighted by Gasteiger charge is -2.25. The molecule has 42 heavy (non-hydrogen) atoms. The summed E-state index contributed by atoms with van der Waals surface area (Å²) in [6, 6.07) is 0.